The molecule has 0 aliphatic rings. The van der Waals surface area contributed by atoms with E-state index in [1.807, 2.05) is 6.07 Å². The predicted octanol–water partition coefficient (Wildman–Crippen LogP) is 2.38. The van der Waals surface area contributed by atoms with Gasteiger partial charge in [-0.05, 0) is 36.4 Å². The van der Waals surface area contributed by atoms with Crippen molar-refractivity contribution >= 4 is 27.6 Å². The highest BCUT2D eigenvalue weighted by Gasteiger charge is 2.22. The van der Waals surface area contributed by atoms with E-state index >= 15 is 0 Å². The van der Waals surface area contributed by atoms with Gasteiger partial charge >= 0.3 is 5.97 Å². The van der Waals surface area contributed by atoms with Crippen molar-refractivity contribution in [2.24, 2.45) is 0 Å². The van der Waals surface area contributed by atoms with E-state index in [2.05, 4.69) is 5.32 Å². The quantitative estimate of drug-likeness (QED) is 0.662. The summed E-state index contributed by atoms with van der Waals surface area (Å²) in [4.78, 5) is 24.1. The molecule has 0 bridgehead atoms. The van der Waals surface area contributed by atoms with Crippen LogP contribution < -0.4 is 5.32 Å². The molecular formula is C20H21N3O5S. The van der Waals surface area contributed by atoms with Gasteiger partial charge in [0.15, 0.2) is 6.61 Å². The molecule has 2 aromatic carbocycles. The first kappa shape index (κ1) is 22.1. The Hall–Kier alpha value is -3.22. The third kappa shape index (κ3) is 5.63. The van der Waals surface area contributed by atoms with Crippen LogP contribution in [0.3, 0.4) is 0 Å². The van der Waals surface area contributed by atoms with Gasteiger partial charge in [-0.3, -0.25) is 4.79 Å². The van der Waals surface area contributed by atoms with Crippen molar-refractivity contribution in [3.05, 3.63) is 59.7 Å². The molecule has 29 heavy (non-hydrogen) atoms. The molecule has 1 amide bonds. The number of nitrogens with one attached hydrogen (secondary N) is 1. The summed E-state index contributed by atoms with van der Waals surface area (Å²) in [5, 5.41) is 11.4. The molecule has 0 fully saturated rings. The molecule has 152 valence electrons. The Morgan fingerprint density at radius 2 is 1.79 bits per heavy atom. The average Bonchev–Trinajstić information content (AvgIpc) is 2.73. The van der Waals surface area contributed by atoms with Crippen LogP contribution >= 0.6 is 0 Å². The molecule has 8 nitrogen and oxygen atoms in total. The minimum Gasteiger partial charge on any atom is -0.452 e. The number of ether oxygens (including phenoxy) is 1. The molecule has 2 aromatic rings. The number of benzene rings is 2. The predicted molar refractivity (Wildman–Crippen MR) is 107 cm³/mol. The summed E-state index contributed by atoms with van der Waals surface area (Å²) < 4.78 is 31.4. The third-order valence-corrected chi connectivity index (χ3v) is 6.07. The normalized spacial score (nSPS) is 11.0. The van der Waals surface area contributed by atoms with E-state index in [0.717, 1.165) is 0 Å². The lowest BCUT2D eigenvalue weighted by Crippen LogP contribution is -2.30. The monoisotopic (exact) mass is 415 g/mol. The summed E-state index contributed by atoms with van der Waals surface area (Å²) in [6.45, 7) is 3.60. The molecule has 0 unspecified atom stereocenters. The SMILES string of the molecule is CCN(CC)S(=O)(=O)c1cccc(NC(=O)COC(=O)c2cccc(C#N)c2)c1. The number of carbonyl (C=O) groups excluding carboxylic acids is 2. The number of hydrogen-bond donors (Lipinski definition) is 1. The number of anilines is 1. The Morgan fingerprint density at radius 3 is 2.45 bits per heavy atom. The van der Waals surface area contributed by atoms with Gasteiger partial charge in [-0.25, -0.2) is 13.2 Å². The van der Waals surface area contributed by atoms with Crippen molar-refractivity contribution in [3.63, 3.8) is 0 Å². The maximum Gasteiger partial charge on any atom is 0.338 e. The number of esters is 1. The van der Waals surface area contributed by atoms with Crippen LogP contribution in [0.15, 0.2) is 53.4 Å². The standard InChI is InChI=1S/C20H21N3O5S/c1-3-23(4-2)29(26,27)18-10-6-9-17(12-18)22-19(24)14-28-20(25)16-8-5-7-15(11-16)13-21/h5-12H,3-4,14H2,1-2H3,(H,22,24). The Bertz CT molecular complexity index is 1040. The zero-order valence-corrected chi connectivity index (χ0v) is 16.9. The van der Waals surface area contributed by atoms with Crippen LogP contribution in [0.1, 0.15) is 29.8 Å². The maximum atomic E-state index is 12.6. The van der Waals surface area contributed by atoms with Gasteiger partial charge in [0.1, 0.15) is 0 Å². The van der Waals surface area contributed by atoms with Gasteiger partial charge < -0.3 is 10.1 Å². The van der Waals surface area contributed by atoms with Crippen molar-refractivity contribution in [2.45, 2.75) is 18.7 Å². The second kappa shape index (κ2) is 9.82. The number of hydrogen-bond acceptors (Lipinski definition) is 6. The molecular weight excluding hydrogens is 394 g/mol. The number of amides is 1. The van der Waals surface area contributed by atoms with Crippen LogP contribution in [0.5, 0.6) is 0 Å². The molecule has 0 radical (unpaired) electrons. The average molecular weight is 415 g/mol. The molecule has 0 aliphatic heterocycles. The van der Waals surface area contributed by atoms with E-state index in [4.69, 9.17) is 10.00 Å². The van der Waals surface area contributed by atoms with E-state index < -0.39 is 28.5 Å². The maximum absolute atomic E-state index is 12.6. The molecule has 0 aliphatic carbocycles. The number of rotatable bonds is 8. The zero-order chi connectivity index (χ0) is 21.4. The first-order valence-electron chi connectivity index (χ1n) is 8.89. The minimum atomic E-state index is -3.66. The van der Waals surface area contributed by atoms with E-state index in [1.54, 1.807) is 19.9 Å². The van der Waals surface area contributed by atoms with Gasteiger partial charge in [0.2, 0.25) is 10.0 Å². The molecule has 0 heterocycles. The Balaban J connectivity index is 2.02. The second-order valence-corrected chi connectivity index (χ2v) is 7.87. The molecule has 0 aromatic heterocycles. The van der Waals surface area contributed by atoms with Crippen LogP contribution in [0.4, 0.5) is 5.69 Å². The van der Waals surface area contributed by atoms with Crippen molar-refractivity contribution in [1.29, 1.82) is 5.26 Å². The largest absolute Gasteiger partial charge is 0.452 e. The number of nitriles is 1. The van der Waals surface area contributed by atoms with Crippen LogP contribution in [-0.4, -0.2) is 44.3 Å². The van der Waals surface area contributed by atoms with Gasteiger partial charge in [-0.1, -0.05) is 26.0 Å². The lowest BCUT2D eigenvalue weighted by atomic mass is 10.1. The van der Waals surface area contributed by atoms with E-state index in [9.17, 15) is 18.0 Å². The summed E-state index contributed by atoms with van der Waals surface area (Å²) >= 11 is 0. The fourth-order valence-electron chi connectivity index (χ4n) is 2.57. The van der Waals surface area contributed by atoms with Crippen LogP contribution in [-0.2, 0) is 19.6 Å². The second-order valence-electron chi connectivity index (χ2n) is 5.93. The summed E-state index contributed by atoms with van der Waals surface area (Å²) in [5.41, 5.74) is 0.727. The molecule has 0 atom stereocenters. The Labute approximate surface area is 169 Å². The van der Waals surface area contributed by atoms with Crippen LogP contribution in [0.25, 0.3) is 0 Å². The van der Waals surface area contributed by atoms with E-state index in [1.165, 1.54) is 46.8 Å². The highest BCUT2D eigenvalue weighted by atomic mass is 32.2. The first-order chi connectivity index (χ1) is 13.8. The summed E-state index contributed by atoms with van der Waals surface area (Å²) in [5.74, 6) is -1.36. The molecule has 1 N–H and O–H groups in total. The summed E-state index contributed by atoms with van der Waals surface area (Å²) in [6.07, 6.45) is 0. The number of sulfonamides is 1. The van der Waals surface area contributed by atoms with Gasteiger partial charge in [0, 0.05) is 18.8 Å². The minimum absolute atomic E-state index is 0.0595. The third-order valence-electron chi connectivity index (χ3n) is 4.02. The lowest BCUT2D eigenvalue weighted by molar-refractivity contribution is -0.119. The van der Waals surface area contributed by atoms with E-state index in [0.29, 0.717) is 18.7 Å². The fourth-order valence-corrected chi connectivity index (χ4v) is 4.08. The lowest BCUT2D eigenvalue weighted by Gasteiger charge is -2.18. The van der Waals surface area contributed by atoms with Crippen molar-refractivity contribution in [3.8, 4) is 6.07 Å². The molecule has 9 heteroatoms. The fraction of sp³-hybridized carbons (Fsp3) is 0.250. The Kier molecular flexibility index (Phi) is 7.47. The smallest absolute Gasteiger partial charge is 0.338 e. The highest BCUT2D eigenvalue weighted by Crippen LogP contribution is 2.19. The zero-order valence-electron chi connectivity index (χ0n) is 16.1. The van der Waals surface area contributed by atoms with Gasteiger partial charge in [-0.15, -0.1) is 0 Å². The molecule has 0 saturated heterocycles. The molecule has 0 spiro atoms. The van der Waals surface area contributed by atoms with Crippen molar-refractivity contribution in [2.75, 3.05) is 25.0 Å². The van der Waals surface area contributed by atoms with Crippen molar-refractivity contribution < 1.29 is 22.7 Å². The van der Waals surface area contributed by atoms with Gasteiger partial charge in [-0.2, -0.15) is 9.57 Å². The van der Waals surface area contributed by atoms with E-state index in [-0.39, 0.29) is 16.1 Å². The number of nitrogens with zero attached hydrogens (tertiary/aromatic N) is 2. The van der Waals surface area contributed by atoms with Crippen LogP contribution in [0, 0.1) is 11.3 Å². The molecule has 0 saturated carbocycles. The first-order valence-corrected chi connectivity index (χ1v) is 10.3. The Morgan fingerprint density at radius 1 is 1.10 bits per heavy atom. The topological polar surface area (TPSA) is 117 Å². The summed E-state index contributed by atoms with van der Waals surface area (Å²) in [6, 6.07) is 13.7. The van der Waals surface area contributed by atoms with Crippen molar-refractivity contribution in [1.82, 2.24) is 4.31 Å². The van der Waals surface area contributed by atoms with Crippen LogP contribution in [0.2, 0.25) is 0 Å². The van der Waals surface area contributed by atoms with Gasteiger partial charge in [0.25, 0.3) is 5.91 Å². The highest BCUT2D eigenvalue weighted by molar-refractivity contribution is 7.89. The van der Waals surface area contributed by atoms with Gasteiger partial charge in [0.05, 0.1) is 22.1 Å². The molecule has 2 rings (SSSR count). The summed E-state index contributed by atoms with van der Waals surface area (Å²) in [7, 11) is -3.66. The number of carbonyl (C=O) groups is 2.